The molecular formula is C18H15N3O. The number of carbonyl (C=O) groups is 1. The van der Waals surface area contributed by atoms with Crippen molar-refractivity contribution in [1.82, 2.24) is 4.98 Å². The molecule has 1 aliphatic rings. The number of amides is 2. The van der Waals surface area contributed by atoms with Crippen LogP contribution in [0.15, 0.2) is 60.9 Å². The molecule has 0 unspecified atom stereocenters. The number of fused-ring (bicyclic) bond motifs is 3. The molecule has 0 aliphatic carbocycles. The first-order valence-corrected chi connectivity index (χ1v) is 7.32. The molecular weight excluding hydrogens is 274 g/mol. The predicted octanol–water partition coefficient (Wildman–Crippen LogP) is 3.83. The van der Waals surface area contributed by atoms with Crippen LogP contribution < -0.4 is 10.2 Å². The van der Waals surface area contributed by atoms with Crippen LogP contribution in [0.4, 0.5) is 16.2 Å². The molecule has 0 saturated carbocycles. The molecule has 1 aromatic heterocycles. The SMILES string of the molecule is O=C(Nc1cccnc1)N1CCc2ccc3ccccc3c21. The fourth-order valence-corrected chi connectivity index (χ4v) is 3.00. The van der Waals surface area contributed by atoms with Crippen molar-refractivity contribution < 1.29 is 4.79 Å². The second kappa shape index (κ2) is 5.15. The summed E-state index contributed by atoms with van der Waals surface area (Å²) in [6.45, 7) is 0.704. The van der Waals surface area contributed by atoms with Crippen LogP contribution in [0, 0.1) is 0 Å². The van der Waals surface area contributed by atoms with Crippen LogP contribution in [0.2, 0.25) is 0 Å². The summed E-state index contributed by atoms with van der Waals surface area (Å²) >= 11 is 0. The molecule has 3 aromatic rings. The lowest BCUT2D eigenvalue weighted by Gasteiger charge is -2.19. The Kier molecular flexibility index (Phi) is 3.00. The molecule has 2 aromatic carbocycles. The number of rotatable bonds is 1. The molecule has 2 heterocycles. The fourth-order valence-electron chi connectivity index (χ4n) is 3.00. The van der Waals surface area contributed by atoms with Gasteiger partial charge in [-0.15, -0.1) is 0 Å². The zero-order chi connectivity index (χ0) is 14.9. The molecule has 0 saturated heterocycles. The van der Waals surface area contributed by atoms with Gasteiger partial charge in [-0.25, -0.2) is 4.79 Å². The fraction of sp³-hybridized carbons (Fsp3) is 0.111. The number of nitrogens with zero attached hydrogens (tertiary/aromatic N) is 2. The first-order chi connectivity index (χ1) is 10.8. The first kappa shape index (κ1) is 12.8. The number of anilines is 2. The third-order valence-electron chi connectivity index (χ3n) is 4.02. The standard InChI is InChI=1S/C18H15N3O/c22-18(20-15-5-3-10-19-12-15)21-11-9-14-8-7-13-4-1-2-6-16(13)17(14)21/h1-8,10,12H,9,11H2,(H,20,22). The third-order valence-corrected chi connectivity index (χ3v) is 4.02. The van der Waals surface area contributed by atoms with E-state index >= 15 is 0 Å². The Morgan fingerprint density at radius 3 is 2.86 bits per heavy atom. The number of hydrogen-bond acceptors (Lipinski definition) is 2. The van der Waals surface area contributed by atoms with Crippen LogP contribution in [-0.2, 0) is 6.42 Å². The molecule has 4 heteroatoms. The second-order valence-electron chi connectivity index (χ2n) is 5.37. The number of pyridine rings is 1. The van der Waals surface area contributed by atoms with Crippen molar-refractivity contribution >= 4 is 28.2 Å². The van der Waals surface area contributed by atoms with Gasteiger partial charge in [0.15, 0.2) is 0 Å². The molecule has 0 fully saturated rings. The number of carbonyl (C=O) groups excluding carboxylic acids is 1. The summed E-state index contributed by atoms with van der Waals surface area (Å²) in [5, 5.41) is 5.19. The maximum Gasteiger partial charge on any atom is 0.326 e. The van der Waals surface area contributed by atoms with Crippen molar-refractivity contribution in [2.75, 3.05) is 16.8 Å². The normalized spacial score (nSPS) is 13.2. The van der Waals surface area contributed by atoms with Crippen LogP contribution >= 0.6 is 0 Å². The first-order valence-electron chi connectivity index (χ1n) is 7.32. The van der Waals surface area contributed by atoms with E-state index < -0.39 is 0 Å². The Morgan fingerprint density at radius 1 is 1.09 bits per heavy atom. The summed E-state index contributed by atoms with van der Waals surface area (Å²) < 4.78 is 0. The van der Waals surface area contributed by atoms with Crippen molar-refractivity contribution in [1.29, 1.82) is 0 Å². The van der Waals surface area contributed by atoms with Crippen LogP contribution in [0.5, 0.6) is 0 Å². The van der Waals surface area contributed by atoms with Gasteiger partial charge in [0.25, 0.3) is 0 Å². The van der Waals surface area contributed by atoms with Crippen LogP contribution in [0.1, 0.15) is 5.56 Å². The van der Waals surface area contributed by atoms with E-state index in [1.807, 2.05) is 29.2 Å². The summed E-state index contributed by atoms with van der Waals surface area (Å²) in [6, 6.07) is 16.0. The van der Waals surface area contributed by atoms with Crippen LogP contribution in [0.25, 0.3) is 10.8 Å². The van der Waals surface area contributed by atoms with E-state index in [1.165, 1.54) is 5.56 Å². The number of urea groups is 1. The van der Waals surface area contributed by atoms with Gasteiger partial charge >= 0.3 is 6.03 Å². The summed E-state index contributed by atoms with van der Waals surface area (Å²) in [5.41, 5.74) is 2.96. The van der Waals surface area contributed by atoms with Gasteiger partial charge in [-0.05, 0) is 29.5 Å². The highest BCUT2D eigenvalue weighted by molar-refractivity contribution is 6.09. The summed E-state index contributed by atoms with van der Waals surface area (Å²) in [6.07, 6.45) is 4.23. The van der Waals surface area contributed by atoms with Crippen molar-refractivity contribution in [2.45, 2.75) is 6.42 Å². The third kappa shape index (κ3) is 2.09. The maximum atomic E-state index is 12.6. The van der Waals surface area contributed by atoms with Crippen molar-refractivity contribution in [3.63, 3.8) is 0 Å². The zero-order valence-electron chi connectivity index (χ0n) is 12.0. The smallest absolute Gasteiger partial charge is 0.306 e. The lowest BCUT2D eigenvalue weighted by molar-refractivity contribution is 0.257. The Bertz CT molecular complexity index is 845. The van der Waals surface area contributed by atoms with E-state index in [0.29, 0.717) is 12.2 Å². The van der Waals surface area contributed by atoms with Gasteiger partial charge in [-0.2, -0.15) is 0 Å². The molecule has 0 bridgehead atoms. The molecule has 0 spiro atoms. The van der Waals surface area contributed by atoms with Crippen molar-refractivity contribution in [2.24, 2.45) is 0 Å². The van der Waals surface area contributed by atoms with Crippen LogP contribution in [-0.4, -0.2) is 17.6 Å². The monoisotopic (exact) mass is 289 g/mol. The molecule has 108 valence electrons. The molecule has 22 heavy (non-hydrogen) atoms. The predicted molar refractivity (Wildman–Crippen MR) is 88.3 cm³/mol. The average molecular weight is 289 g/mol. The summed E-state index contributed by atoms with van der Waals surface area (Å²) in [7, 11) is 0. The number of nitrogens with one attached hydrogen (secondary N) is 1. The largest absolute Gasteiger partial charge is 0.326 e. The van der Waals surface area contributed by atoms with Crippen LogP contribution in [0.3, 0.4) is 0 Å². The highest BCUT2D eigenvalue weighted by Gasteiger charge is 2.26. The molecule has 0 atom stereocenters. The highest BCUT2D eigenvalue weighted by Crippen LogP contribution is 2.35. The molecule has 1 N–H and O–H groups in total. The number of benzene rings is 2. The molecule has 0 radical (unpaired) electrons. The topological polar surface area (TPSA) is 45.2 Å². The average Bonchev–Trinajstić information content (AvgIpc) is 3.00. The Labute approximate surface area is 128 Å². The van der Waals surface area contributed by atoms with E-state index in [1.54, 1.807) is 12.4 Å². The Hall–Kier alpha value is -2.88. The van der Waals surface area contributed by atoms with Crippen molar-refractivity contribution in [3.8, 4) is 0 Å². The van der Waals surface area contributed by atoms with Crippen molar-refractivity contribution in [3.05, 3.63) is 66.5 Å². The lowest BCUT2D eigenvalue weighted by Crippen LogP contribution is -2.33. The molecule has 2 amide bonds. The quantitative estimate of drug-likeness (QED) is 0.740. The minimum absolute atomic E-state index is 0.108. The minimum Gasteiger partial charge on any atom is -0.306 e. The van der Waals surface area contributed by atoms with E-state index in [-0.39, 0.29) is 6.03 Å². The van der Waals surface area contributed by atoms with Gasteiger partial charge < -0.3 is 5.32 Å². The van der Waals surface area contributed by atoms with Gasteiger partial charge in [0, 0.05) is 18.1 Å². The Morgan fingerprint density at radius 2 is 2.00 bits per heavy atom. The summed E-state index contributed by atoms with van der Waals surface area (Å²) in [4.78, 5) is 18.5. The zero-order valence-corrected chi connectivity index (χ0v) is 12.0. The summed E-state index contributed by atoms with van der Waals surface area (Å²) in [5.74, 6) is 0. The van der Waals surface area contributed by atoms with E-state index in [2.05, 4.69) is 34.6 Å². The number of hydrogen-bond donors (Lipinski definition) is 1. The van der Waals surface area contributed by atoms with Gasteiger partial charge in [0.2, 0.25) is 0 Å². The second-order valence-corrected chi connectivity index (χ2v) is 5.37. The Balaban J connectivity index is 1.72. The van der Waals surface area contributed by atoms with Gasteiger partial charge in [0.1, 0.15) is 0 Å². The van der Waals surface area contributed by atoms with E-state index in [0.717, 1.165) is 22.9 Å². The highest BCUT2D eigenvalue weighted by atomic mass is 16.2. The van der Waals surface area contributed by atoms with E-state index in [4.69, 9.17) is 0 Å². The number of aromatic nitrogens is 1. The van der Waals surface area contributed by atoms with E-state index in [9.17, 15) is 4.79 Å². The lowest BCUT2D eigenvalue weighted by atomic mass is 10.0. The van der Waals surface area contributed by atoms with Gasteiger partial charge in [-0.1, -0.05) is 36.4 Å². The molecule has 4 rings (SSSR count). The maximum absolute atomic E-state index is 12.6. The van der Waals surface area contributed by atoms with Gasteiger partial charge in [-0.3, -0.25) is 9.88 Å². The van der Waals surface area contributed by atoms with Gasteiger partial charge in [0.05, 0.1) is 17.6 Å². The minimum atomic E-state index is -0.108. The molecule has 4 nitrogen and oxygen atoms in total. The molecule has 1 aliphatic heterocycles.